The van der Waals surface area contributed by atoms with E-state index in [1.54, 1.807) is 6.08 Å². The molecule has 1 saturated heterocycles. The highest BCUT2D eigenvalue weighted by molar-refractivity contribution is 5.67. The zero-order valence-corrected chi connectivity index (χ0v) is 12.8. The van der Waals surface area contributed by atoms with Gasteiger partial charge in [-0.25, -0.2) is 4.98 Å². The predicted octanol–water partition coefficient (Wildman–Crippen LogP) is 2.54. The first-order chi connectivity index (χ1) is 10.1. The number of nitrogens with two attached hydrogens (primary N) is 1. The molecule has 1 aliphatic rings. The zero-order chi connectivity index (χ0) is 15.2. The summed E-state index contributed by atoms with van der Waals surface area (Å²) in [5.74, 6) is 2.03. The quantitative estimate of drug-likeness (QED) is 0.752. The summed E-state index contributed by atoms with van der Waals surface area (Å²) in [5.41, 5.74) is 6.52. The van der Waals surface area contributed by atoms with Crippen molar-refractivity contribution in [2.24, 2.45) is 5.92 Å². The number of ether oxygens (including phenoxy) is 2. The lowest BCUT2D eigenvalue weighted by Crippen LogP contribution is -2.14. The number of rotatable bonds is 7. The standard InChI is InChI=1S/C15H24N4O2/c1-4-7-17-14-12(16)15(21-9-10(2)3)19-13(18-14)11-6-5-8-20-11/h4,10-11H,1,5-9,16H2,2-3H3,(H,17,18,19). The zero-order valence-electron chi connectivity index (χ0n) is 12.8. The molecule has 0 spiro atoms. The van der Waals surface area contributed by atoms with E-state index in [2.05, 4.69) is 35.7 Å². The lowest BCUT2D eigenvalue weighted by Gasteiger charge is -2.16. The summed E-state index contributed by atoms with van der Waals surface area (Å²) in [6, 6.07) is 0. The molecule has 2 heterocycles. The molecule has 1 unspecified atom stereocenters. The van der Waals surface area contributed by atoms with Crippen molar-refractivity contribution in [1.82, 2.24) is 9.97 Å². The van der Waals surface area contributed by atoms with E-state index < -0.39 is 0 Å². The first-order valence-corrected chi connectivity index (χ1v) is 7.38. The molecule has 0 bridgehead atoms. The summed E-state index contributed by atoms with van der Waals surface area (Å²) in [7, 11) is 0. The summed E-state index contributed by atoms with van der Waals surface area (Å²) in [6.45, 7) is 9.73. The third kappa shape index (κ3) is 4.07. The van der Waals surface area contributed by atoms with Crippen molar-refractivity contribution >= 4 is 11.5 Å². The van der Waals surface area contributed by atoms with Gasteiger partial charge < -0.3 is 20.5 Å². The van der Waals surface area contributed by atoms with Crippen molar-refractivity contribution in [1.29, 1.82) is 0 Å². The molecular weight excluding hydrogens is 268 g/mol. The van der Waals surface area contributed by atoms with Crippen molar-refractivity contribution < 1.29 is 9.47 Å². The van der Waals surface area contributed by atoms with E-state index in [0.29, 0.717) is 42.3 Å². The van der Waals surface area contributed by atoms with Gasteiger partial charge in [0.05, 0.1) is 6.61 Å². The van der Waals surface area contributed by atoms with Crippen LogP contribution in [0.2, 0.25) is 0 Å². The Morgan fingerprint density at radius 3 is 2.95 bits per heavy atom. The topological polar surface area (TPSA) is 82.3 Å². The van der Waals surface area contributed by atoms with E-state index in [1.165, 1.54) is 0 Å². The van der Waals surface area contributed by atoms with Crippen LogP contribution >= 0.6 is 0 Å². The fourth-order valence-corrected chi connectivity index (χ4v) is 2.05. The number of hydrogen-bond donors (Lipinski definition) is 2. The van der Waals surface area contributed by atoms with Gasteiger partial charge in [-0.1, -0.05) is 19.9 Å². The molecule has 1 aromatic heterocycles. The summed E-state index contributed by atoms with van der Waals surface area (Å²) in [4.78, 5) is 8.93. The molecule has 116 valence electrons. The number of nitrogens with one attached hydrogen (secondary N) is 1. The molecule has 1 aromatic rings. The Labute approximate surface area is 125 Å². The van der Waals surface area contributed by atoms with Crippen LogP contribution in [0.1, 0.15) is 38.6 Å². The van der Waals surface area contributed by atoms with Crippen LogP contribution in [-0.4, -0.2) is 29.7 Å². The van der Waals surface area contributed by atoms with Crippen LogP contribution in [0.5, 0.6) is 5.88 Å². The lowest BCUT2D eigenvalue weighted by atomic mass is 10.2. The Morgan fingerprint density at radius 1 is 1.52 bits per heavy atom. The fourth-order valence-electron chi connectivity index (χ4n) is 2.05. The van der Waals surface area contributed by atoms with Crippen molar-refractivity contribution in [2.45, 2.75) is 32.8 Å². The Morgan fingerprint density at radius 2 is 2.33 bits per heavy atom. The highest BCUT2D eigenvalue weighted by atomic mass is 16.5. The average Bonchev–Trinajstić information content (AvgIpc) is 2.99. The largest absolute Gasteiger partial charge is 0.476 e. The summed E-state index contributed by atoms with van der Waals surface area (Å²) >= 11 is 0. The normalized spacial score (nSPS) is 18.0. The lowest BCUT2D eigenvalue weighted by molar-refractivity contribution is 0.104. The van der Waals surface area contributed by atoms with E-state index in [0.717, 1.165) is 19.4 Å². The predicted molar refractivity (Wildman–Crippen MR) is 83.4 cm³/mol. The van der Waals surface area contributed by atoms with Crippen LogP contribution in [0.15, 0.2) is 12.7 Å². The van der Waals surface area contributed by atoms with Crippen molar-refractivity contribution in [2.75, 3.05) is 30.8 Å². The molecule has 2 rings (SSSR count). The van der Waals surface area contributed by atoms with Crippen LogP contribution < -0.4 is 15.8 Å². The molecule has 0 amide bonds. The van der Waals surface area contributed by atoms with Gasteiger partial charge in [-0.05, 0) is 18.8 Å². The molecule has 6 nitrogen and oxygen atoms in total. The Bertz CT molecular complexity index is 485. The van der Waals surface area contributed by atoms with E-state index in [1.807, 2.05) is 0 Å². The third-order valence-corrected chi connectivity index (χ3v) is 3.11. The van der Waals surface area contributed by atoms with Gasteiger partial charge in [-0.2, -0.15) is 4.98 Å². The molecule has 6 heteroatoms. The SMILES string of the molecule is C=CCNc1nc(C2CCCO2)nc(OCC(C)C)c1N. The number of hydrogen-bond acceptors (Lipinski definition) is 6. The highest BCUT2D eigenvalue weighted by Crippen LogP contribution is 2.32. The van der Waals surface area contributed by atoms with Gasteiger partial charge in [-0.3, -0.25) is 0 Å². The van der Waals surface area contributed by atoms with E-state index in [4.69, 9.17) is 15.2 Å². The van der Waals surface area contributed by atoms with Crippen LogP contribution in [-0.2, 0) is 4.74 Å². The number of nitrogen functional groups attached to an aromatic ring is 1. The second-order valence-corrected chi connectivity index (χ2v) is 5.53. The first-order valence-electron chi connectivity index (χ1n) is 7.38. The molecule has 0 aromatic carbocycles. The van der Waals surface area contributed by atoms with Crippen molar-refractivity contribution in [3.8, 4) is 5.88 Å². The molecule has 1 atom stereocenters. The van der Waals surface area contributed by atoms with Gasteiger partial charge in [0.1, 0.15) is 11.8 Å². The van der Waals surface area contributed by atoms with Crippen LogP contribution in [0.4, 0.5) is 11.5 Å². The van der Waals surface area contributed by atoms with E-state index in [-0.39, 0.29) is 6.10 Å². The maximum atomic E-state index is 6.09. The van der Waals surface area contributed by atoms with Gasteiger partial charge in [0.2, 0.25) is 5.88 Å². The van der Waals surface area contributed by atoms with Gasteiger partial charge >= 0.3 is 0 Å². The molecule has 0 radical (unpaired) electrons. The minimum Gasteiger partial charge on any atom is -0.476 e. The highest BCUT2D eigenvalue weighted by Gasteiger charge is 2.24. The minimum absolute atomic E-state index is 0.0729. The molecule has 21 heavy (non-hydrogen) atoms. The summed E-state index contributed by atoms with van der Waals surface area (Å²) in [6.07, 6.45) is 3.63. The minimum atomic E-state index is -0.0729. The summed E-state index contributed by atoms with van der Waals surface area (Å²) in [5, 5.41) is 3.12. The molecule has 1 aliphatic heterocycles. The summed E-state index contributed by atoms with van der Waals surface area (Å²) < 4.78 is 11.4. The molecular formula is C15H24N4O2. The van der Waals surface area contributed by atoms with Gasteiger partial charge in [0, 0.05) is 13.2 Å². The second-order valence-electron chi connectivity index (χ2n) is 5.53. The van der Waals surface area contributed by atoms with Crippen LogP contribution in [0, 0.1) is 5.92 Å². The third-order valence-electron chi connectivity index (χ3n) is 3.11. The van der Waals surface area contributed by atoms with Gasteiger partial charge in [0.25, 0.3) is 0 Å². The molecule has 3 N–H and O–H groups in total. The van der Waals surface area contributed by atoms with Crippen LogP contribution in [0.25, 0.3) is 0 Å². The smallest absolute Gasteiger partial charge is 0.242 e. The van der Waals surface area contributed by atoms with E-state index in [9.17, 15) is 0 Å². The fraction of sp³-hybridized carbons (Fsp3) is 0.600. The van der Waals surface area contributed by atoms with Crippen molar-refractivity contribution in [3.05, 3.63) is 18.5 Å². The Balaban J connectivity index is 2.27. The van der Waals surface area contributed by atoms with Gasteiger partial charge in [-0.15, -0.1) is 6.58 Å². The number of nitrogens with zero attached hydrogens (tertiary/aromatic N) is 2. The maximum absolute atomic E-state index is 6.09. The van der Waals surface area contributed by atoms with Gasteiger partial charge in [0.15, 0.2) is 11.6 Å². The molecule has 0 aliphatic carbocycles. The van der Waals surface area contributed by atoms with E-state index >= 15 is 0 Å². The van der Waals surface area contributed by atoms with Crippen molar-refractivity contribution in [3.63, 3.8) is 0 Å². The first kappa shape index (κ1) is 15.6. The molecule has 1 fully saturated rings. The van der Waals surface area contributed by atoms with Crippen LogP contribution in [0.3, 0.4) is 0 Å². The second kappa shape index (κ2) is 7.26. The average molecular weight is 292 g/mol. The monoisotopic (exact) mass is 292 g/mol. The Kier molecular flexibility index (Phi) is 5.38. The molecule has 0 saturated carbocycles. The Hall–Kier alpha value is -1.82. The maximum Gasteiger partial charge on any atom is 0.242 e. The number of aromatic nitrogens is 2. The number of anilines is 2.